The van der Waals surface area contributed by atoms with Crippen molar-refractivity contribution in [1.29, 1.82) is 0 Å². The fraction of sp³-hybridized carbons (Fsp3) is 0.267. The summed E-state index contributed by atoms with van der Waals surface area (Å²) in [6.07, 6.45) is 1.77. The molecule has 0 bridgehead atoms. The minimum atomic E-state index is -0.534. The summed E-state index contributed by atoms with van der Waals surface area (Å²) in [5.41, 5.74) is 4.13. The van der Waals surface area contributed by atoms with Crippen LogP contribution in [0.15, 0.2) is 41.0 Å². The van der Waals surface area contributed by atoms with Crippen molar-refractivity contribution in [3.63, 3.8) is 0 Å². The van der Waals surface area contributed by atoms with E-state index in [1.165, 1.54) is 5.56 Å². The maximum Gasteiger partial charge on any atom is 0.0856 e. The molecule has 1 atom stereocenters. The number of hydrogen-bond acceptors (Lipinski definition) is 2. The van der Waals surface area contributed by atoms with Gasteiger partial charge in [-0.05, 0) is 42.7 Å². The predicted octanol–water partition coefficient (Wildman–Crippen LogP) is 3.74. The number of benzene rings is 1. The predicted molar refractivity (Wildman–Crippen MR) is 76.5 cm³/mol. The van der Waals surface area contributed by atoms with E-state index in [-0.39, 0.29) is 0 Å². The number of nitrogens with zero attached hydrogens (tertiary/aromatic N) is 1. The van der Waals surface area contributed by atoms with Crippen LogP contribution in [0.5, 0.6) is 0 Å². The molecule has 0 fully saturated rings. The summed E-state index contributed by atoms with van der Waals surface area (Å²) in [5, 5.41) is 10.3. The van der Waals surface area contributed by atoms with Crippen LogP contribution in [0.25, 0.3) is 0 Å². The number of pyridine rings is 1. The molecule has 0 saturated carbocycles. The average Bonchev–Trinajstić information content (AvgIpc) is 2.32. The Morgan fingerprint density at radius 3 is 2.72 bits per heavy atom. The quantitative estimate of drug-likeness (QED) is 0.937. The summed E-state index contributed by atoms with van der Waals surface area (Å²) < 4.78 is 0.948. The van der Waals surface area contributed by atoms with Crippen LogP contribution in [-0.4, -0.2) is 10.1 Å². The van der Waals surface area contributed by atoms with Crippen molar-refractivity contribution in [3.8, 4) is 0 Å². The third kappa shape index (κ3) is 2.98. The first kappa shape index (κ1) is 13.2. The minimum Gasteiger partial charge on any atom is -0.388 e. The Hall–Kier alpha value is -1.19. The van der Waals surface area contributed by atoms with E-state index in [9.17, 15) is 5.11 Å². The van der Waals surface area contributed by atoms with Gasteiger partial charge in [0.1, 0.15) is 0 Å². The second kappa shape index (κ2) is 5.63. The van der Waals surface area contributed by atoms with Crippen LogP contribution in [-0.2, 0) is 6.42 Å². The molecule has 1 aromatic heterocycles. The molecule has 18 heavy (non-hydrogen) atoms. The Labute approximate surface area is 116 Å². The Morgan fingerprint density at radius 1 is 1.28 bits per heavy atom. The molecule has 0 aliphatic rings. The molecule has 0 aliphatic carbocycles. The van der Waals surface area contributed by atoms with Crippen LogP contribution in [0.4, 0.5) is 0 Å². The second-order valence-electron chi connectivity index (χ2n) is 4.51. The van der Waals surface area contributed by atoms with Gasteiger partial charge in [-0.15, -0.1) is 0 Å². The van der Waals surface area contributed by atoms with Crippen molar-refractivity contribution >= 4 is 15.9 Å². The SMILES string of the molecule is Cc1ccc(C(O)Cc2ncccc2C)c(Br)c1. The summed E-state index contributed by atoms with van der Waals surface area (Å²) in [6, 6.07) is 9.91. The van der Waals surface area contributed by atoms with Gasteiger partial charge < -0.3 is 5.11 Å². The zero-order chi connectivity index (χ0) is 13.1. The fourth-order valence-corrected chi connectivity index (χ4v) is 2.69. The van der Waals surface area contributed by atoms with E-state index < -0.39 is 6.10 Å². The normalized spacial score (nSPS) is 12.4. The Bertz CT molecular complexity index is 554. The smallest absolute Gasteiger partial charge is 0.0856 e. The molecule has 0 radical (unpaired) electrons. The molecule has 1 N–H and O–H groups in total. The van der Waals surface area contributed by atoms with Gasteiger partial charge in [-0.2, -0.15) is 0 Å². The summed E-state index contributed by atoms with van der Waals surface area (Å²) in [5.74, 6) is 0. The summed E-state index contributed by atoms with van der Waals surface area (Å²) in [6.45, 7) is 4.04. The molecule has 1 aromatic carbocycles. The number of aliphatic hydroxyl groups excluding tert-OH is 1. The maximum atomic E-state index is 10.3. The number of hydrogen-bond donors (Lipinski definition) is 1. The van der Waals surface area contributed by atoms with Gasteiger partial charge in [0.25, 0.3) is 0 Å². The van der Waals surface area contributed by atoms with Crippen molar-refractivity contribution in [2.75, 3.05) is 0 Å². The molecule has 1 unspecified atom stereocenters. The van der Waals surface area contributed by atoms with Gasteiger partial charge in [0.2, 0.25) is 0 Å². The monoisotopic (exact) mass is 305 g/mol. The van der Waals surface area contributed by atoms with Crippen molar-refractivity contribution in [2.45, 2.75) is 26.4 Å². The van der Waals surface area contributed by atoms with Crippen molar-refractivity contribution in [1.82, 2.24) is 4.98 Å². The molecule has 0 spiro atoms. The summed E-state index contributed by atoms with van der Waals surface area (Å²) in [7, 11) is 0. The van der Waals surface area contributed by atoms with E-state index in [0.29, 0.717) is 6.42 Å². The second-order valence-corrected chi connectivity index (χ2v) is 5.37. The number of halogens is 1. The number of aliphatic hydroxyl groups is 1. The van der Waals surface area contributed by atoms with Gasteiger partial charge in [0.15, 0.2) is 0 Å². The standard InChI is InChI=1S/C15H16BrNO/c1-10-5-6-12(13(16)8-10)15(18)9-14-11(2)4-3-7-17-14/h3-8,15,18H,9H2,1-2H3. The van der Waals surface area contributed by atoms with E-state index >= 15 is 0 Å². The van der Waals surface area contributed by atoms with Gasteiger partial charge >= 0.3 is 0 Å². The highest BCUT2D eigenvalue weighted by Gasteiger charge is 2.13. The molecule has 2 aromatic rings. The molecule has 0 aliphatic heterocycles. The lowest BCUT2D eigenvalue weighted by Gasteiger charge is -2.14. The van der Waals surface area contributed by atoms with Crippen molar-refractivity contribution < 1.29 is 5.11 Å². The number of aromatic nitrogens is 1. The van der Waals surface area contributed by atoms with Crippen LogP contribution in [0.3, 0.4) is 0 Å². The van der Waals surface area contributed by atoms with Crippen LogP contribution < -0.4 is 0 Å². The van der Waals surface area contributed by atoms with Gasteiger partial charge in [0.05, 0.1) is 6.10 Å². The maximum absolute atomic E-state index is 10.3. The van der Waals surface area contributed by atoms with E-state index in [1.807, 2.05) is 44.2 Å². The first-order chi connectivity index (χ1) is 8.58. The zero-order valence-corrected chi connectivity index (χ0v) is 12.1. The van der Waals surface area contributed by atoms with E-state index in [0.717, 1.165) is 21.3 Å². The molecule has 0 amide bonds. The van der Waals surface area contributed by atoms with E-state index in [2.05, 4.69) is 20.9 Å². The average molecular weight is 306 g/mol. The van der Waals surface area contributed by atoms with Crippen LogP contribution in [0, 0.1) is 13.8 Å². The number of rotatable bonds is 3. The first-order valence-electron chi connectivity index (χ1n) is 5.92. The number of aryl methyl sites for hydroxylation is 2. The third-order valence-corrected chi connectivity index (χ3v) is 3.71. The Balaban J connectivity index is 2.22. The Kier molecular flexibility index (Phi) is 4.15. The van der Waals surface area contributed by atoms with Gasteiger partial charge in [-0.1, -0.05) is 34.1 Å². The topological polar surface area (TPSA) is 33.1 Å². The molecular weight excluding hydrogens is 290 g/mol. The Morgan fingerprint density at radius 2 is 2.06 bits per heavy atom. The zero-order valence-electron chi connectivity index (χ0n) is 10.5. The van der Waals surface area contributed by atoms with Crippen LogP contribution >= 0.6 is 15.9 Å². The molecule has 3 heteroatoms. The fourth-order valence-electron chi connectivity index (χ4n) is 1.93. The highest BCUT2D eigenvalue weighted by molar-refractivity contribution is 9.10. The minimum absolute atomic E-state index is 0.534. The van der Waals surface area contributed by atoms with Gasteiger partial charge in [-0.3, -0.25) is 4.98 Å². The van der Waals surface area contributed by atoms with Crippen LogP contribution in [0.1, 0.15) is 28.5 Å². The lowest BCUT2D eigenvalue weighted by Crippen LogP contribution is -2.05. The lowest BCUT2D eigenvalue weighted by molar-refractivity contribution is 0.176. The molecule has 1 heterocycles. The third-order valence-electron chi connectivity index (χ3n) is 3.02. The molecule has 94 valence electrons. The first-order valence-corrected chi connectivity index (χ1v) is 6.72. The van der Waals surface area contributed by atoms with E-state index in [4.69, 9.17) is 0 Å². The van der Waals surface area contributed by atoms with Crippen LogP contribution in [0.2, 0.25) is 0 Å². The van der Waals surface area contributed by atoms with Gasteiger partial charge in [0, 0.05) is 22.8 Å². The largest absolute Gasteiger partial charge is 0.388 e. The van der Waals surface area contributed by atoms with E-state index in [1.54, 1.807) is 6.20 Å². The van der Waals surface area contributed by atoms with Gasteiger partial charge in [-0.25, -0.2) is 0 Å². The highest BCUT2D eigenvalue weighted by atomic mass is 79.9. The van der Waals surface area contributed by atoms with Crippen molar-refractivity contribution in [3.05, 3.63) is 63.4 Å². The molecule has 2 nitrogen and oxygen atoms in total. The highest BCUT2D eigenvalue weighted by Crippen LogP contribution is 2.27. The lowest BCUT2D eigenvalue weighted by atomic mass is 10.0. The molecular formula is C15H16BrNO. The molecule has 0 saturated heterocycles. The van der Waals surface area contributed by atoms with Crippen molar-refractivity contribution in [2.24, 2.45) is 0 Å². The summed E-state index contributed by atoms with van der Waals surface area (Å²) >= 11 is 3.50. The molecule has 2 rings (SSSR count). The summed E-state index contributed by atoms with van der Waals surface area (Å²) in [4.78, 5) is 4.32.